The summed E-state index contributed by atoms with van der Waals surface area (Å²) >= 11 is 0. The number of aromatic amines is 2. The van der Waals surface area contributed by atoms with Gasteiger partial charge in [-0.05, 0) is 17.5 Å². The Hall–Kier alpha value is -2.10. The second kappa shape index (κ2) is 4.82. The van der Waals surface area contributed by atoms with Crippen molar-refractivity contribution in [1.82, 2.24) is 9.97 Å². The summed E-state index contributed by atoms with van der Waals surface area (Å²) in [7, 11) is 0. The van der Waals surface area contributed by atoms with Crippen LogP contribution in [0, 0.1) is 0 Å². The van der Waals surface area contributed by atoms with Crippen LogP contribution < -0.4 is 11.2 Å². The average Bonchev–Trinajstić information content (AvgIpc) is 2.33. The zero-order chi connectivity index (χ0) is 12.3. The minimum atomic E-state index is -0.471. The number of aryl methyl sites for hydroxylation is 1. The zero-order valence-electron chi connectivity index (χ0n) is 9.62. The Labute approximate surface area is 98.3 Å². The van der Waals surface area contributed by atoms with E-state index in [1.807, 2.05) is 12.1 Å². The molecule has 0 unspecified atom stereocenters. The van der Waals surface area contributed by atoms with Gasteiger partial charge in [-0.2, -0.15) is 0 Å². The fourth-order valence-corrected chi connectivity index (χ4v) is 1.75. The lowest BCUT2D eigenvalue weighted by Gasteiger charge is -2.03. The molecule has 17 heavy (non-hydrogen) atoms. The van der Waals surface area contributed by atoms with Crippen molar-refractivity contribution in [3.8, 4) is 0 Å². The first-order valence-electron chi connectivity index (χ1n) is 5.57. The molecule has 0 bridgehead atoms. The van der Waals surface area contributed by atoms with Gasteiger partial charge in [0, 0.05) is 18.2 Å². The molecule has 4 heteroatoms. The topological polar surface area (TPSA) is 65.7 Å². The summed E-state index contributed by atoms with van der Waals surface area (Å²) < 4.78 is 0. The van der Waals surface area contributed by atoms with Crippen LogP contribution in [0.25, 0.3) is 0 Å². The number of hydrogen-bond donors (Lipinski definition) is 2. The van der Waals surface area contributed by atoms with Crippen molar-refractivity contribution in [2.24, 2.45) is 0 Å². The molecular weight excluding hydrogens is 216 g/mol. The molecule has 0 radical (unpaired) electrons. The Bertz CT molecular complexity index is 626. The standard InChI is InChI=1S/C13H14N2O2/c1-2-9-4-3-5-10(6-9)7-11-8-14-13(17)15-12(11)16/h3-6,8H,2,7H2,1H3,(H2,14,15,16,17). The number of aromatic nitrogens is 2. The van der Waals surface area contributed by atoms with E-state index >= 15 is 0 Å². The third-order valence-electron chi connectivity index (χ3n) is 2.69. The molecule has 1 aromatic heterocycles. The maximum atomic E-state index is 11.5. The quantitative estimate of drug-likeness (QED) is 0.832. The summed E-state index contributed by atoms with van der Waals surface area (Å²) in [6.07, 6.45) is 2.97. The Morgan fingerprint density at radius 2 is 1.94 bits per heavy atom. The van der Waals surface area contributed by atoms with Crippen LogP contribution in [0.15, 0.2) is 40.1 Å². The molecule has 0 saturated carbocycles. The van der Waals surface area contributed by atoms with E-state index in [0.717, 1.165) is 12.0 Å². The normalized spacial score (nSPS) is 10.4. The van der Waals surface area contributed by atoms with E-state index < -0.39 is 5.69 Å². The van der Waals surface area contributed by atoms with Crippen molar-refractivity contribution >= 4 is 0 Å². The highest BCUT2D eigenvalue weighted by atomic mass is 16.2. The average molecular weight is 230 g/mol. The fourth-order valence-electron chi connectivity index (χ4n) is 1.75. The summed E-state index contributed by atoms with van der Waals surface area (Å²) in [6.45, 7) is 2.09. The van der Waals surface area contributed by atoms with Crippen LogP contribution >= 0.6 is 0 Å². The van der Waals surface area contributed by atoms with Crippen LogP contribution in [-0.2, 0) is 12.8 Å². The summed E-state index contributed by atoms with van der Waals surface area (Å²) in [5, 5.41) is 0. The lowest BCUT2D eigenvalue weighted by atomic mass is 10.0. The van der Waals surface area contributed by atoms with Crippen molar-refractivity contribution in [2.45, 2.75) is 19.8 Å². The van der Waals surface area contributed by atoms with Gasteiger partial charge in [0.15, 0.2) is 0 Å². The van der Waals surface area contributed by atoms with E-state index in [0.29, 0.717) is 12.0 Å². The Kier molecular flexibility index (Phi) is 3.23. The molecule has 88 valence electrons. The lowest BCUT2D eigenvalue weighted by Crippen LogP contribution is -2.24. The molecule has 1 aromatic carbocycles. The van der Waals surface area contributed by atoms with Crippen LogP contribution in [-0.4, -0.2) is 9.97 Å². The Morgan fingerprint density at radius 3 is 2.65 bits per heavy atom. The van der Waals surface area contributed by atoms with Crippen LogP contribution in [0.5, 0.6) is 0 Å². The van der Waals surface area contributed by atoms with E-state index in [1.165, 1.54) is 11.8 Å². The minimum absolute atomic E-state index is 0.323. The number of benzene rings is 1. The van der Waals surface area contributed by atoms with E-state index in [2.05, 4.69) is 29.0 Å². The van der Waals surface area contributed by atoms with Gasteiger partial charge in [-0.1, -0.05) is 31.2 Å². The summed E-state index contributed by atoms with van der Waals surface area (Å²) in [5.74, 6) is 0. The maximum Gasteiger partial charge on any atom is 0.325 e. The molecule has 0 aliphatic heterocycles. The van der Waals surface area contributed by atoms with Gasteiger partial charge < -0.3 is 4.98 Å². The molecule has 2 aromatic rings. The van der Waals surface area contributed by atoms with Gasteiger partial charge >= 0.3 is 5.69 Å². The van der Waals surface area contributed by atoms with E-state index in [9.17, 15) is 9.59 Å². The highest BCUT2D eigenvalue weighted by Crippen LogP contribution is 2.08. The predicted molar refractivity (Wildman–Crippen MR) is 66.3 cm³/mol. The van der Waals surface area contributed by atoms with E-state index in [-0.39, 0.29) is 5.56 Å². The highest BCUT2D eigenvalue weighted by molar-refractivity contribution is 5.27. The van der Waals surface area contributed by atoms with Gasteiger partial charge in [-0.25, -0.2) is 4.79 Å². The van der Waals surface area contributed by atoms with Crippen LogP contribution in [0.3, 0.4) is 0 Å². The Morgan fingerprint density at radius 1 is 1.18 bits per heavy atom. The molecular formula is C13H14N2O2. The summed E-state index contributed by atoms with van der Waals surface area (Å²) in [4.78, 5) is 27.1. The van der Waals surface area contributed by atoms with E-state index in [1.54, 1.807) is 0 Å². The SMILES string of the molecule is CCc1cccc(Cc2c[nH]c(=O)[nH]c2=O)c1. The first-order chi connectivity index (χ1) is 8.19. The smallest absolute Gasteiger partial charge is 0.314 e. The van der Waals surface area contributed by atoms with Gasteiger partial charge in [0.2, 0.25) is 0 Å². The fraction of sp³-hybridized carbons (Fsp3) is 0.231. The maximum absolute atomic E-state index is 11.5. The van der Waals surface area contributed by atoms with Gasteiger partial charge in [0.25, 0.3) is 5.56 Å². The predicted octanol–water partition coefficient (Wildman–Crippen LogP) is 1.22. The van der Waals surface area contributed by atoms with Crippen molar-refractivity contribution in [2.75, 3.05) is 0 Å². The first kappa shape index (κ1) is 11.4. The lowest BCUT2D eigenvalue weighted by molar-refractivity contribution is 0.973. The van der Waals surface area contributed by atoms with Crippen molar-refractivity contribution < 1.29 is 0 Å². The molecule has 0 aliphatic rings. The molecule has 0 spiro atoms. The molecule has 1 heterocycles. The van der Waals surface area contributed by atoms with E-state index in [4.69, 9.17) is 0 Å². The third-order valence-corrected chi connectivity index (χ3v) is 2.69. The van der Waals surface area contributed by atoms with Crippen molar-refractivity contribution in [3.63, 3.8) is 0 Å². The van der Waals surface area contributed by atoms with Crippen molar-refractivity contribution in [3.05, 3.63) is 68.0 Å². The number of rotatable bonds is 3. The molecule has 0 amide bonds. The molecule has 0 aliphatic carbocycles. The zero-order valence-corrected chi connectivity index (χ0v) is 9.62. The molecule has 0 saturated heterocycles. The monoisotopic (exact) mass is 230 g/mol. The van der Waals surface area contributed by atoms with Crippen LogP contribution in [0.1, 0.15) is 23.6 Å². The molecule has 0 fully saturated rings. The van der Waals surface area contributed by atoms with Gasteiger partial charge in [0.1, 0.15) is 0 Å². The number of H-pyrrole nitrogens is 2. The van der Waals surface area contributed by atoms with Gasteiger partial charge in [-0.3, -0.25) is 9.78 Å². The van der Waals surface area contributed by atoms with Crippen LogP contribution in [0.4, 0.5) is 0 Å². The number of nitrogens with one attached hydrogen (secondary N) is 2. The largest absolute Gasteiger partial charge is 0.325 e. The second-order valence-electron chi connectivity index (χ2n) is 3.95. The van der Waals surface area contributed by atoms with Gasteiger partial charge in [-0.15, -0.1) is 0 Å². The highest BCUT2D eigenvalue weighted by Gasteiger charge is 2.02. The summed E-state index contributed by atoms with van der Waals surface area (Å²) in [5.41, 5.74) is 2.08. The molecule has 2 rings (SSSR count). The molecule has 0 atom stereocenters. The van der Waals surface area contributed by atoms with Crippen LogP contribution in [0.2, 0.25) is 0 Å². The minimum Gasteiger partial charge on any atom is -0.314 e. The number of hydrogen-bond acceptors (Lipinski definition) is 2. The molecule has 2 N–H and O–H groups in total. The Balaban J connectivity index is 2.31. The van der Waals surface area contributed by atoms with Crippen molar-refractivity contribution in [1.29, 1.82) is 0 Å². The summed E-state index contributed by atoms with van der Waals surface area (Å²) in [6, 6.07) is 8.09. The van der Waals surface area contributed by atoms with Gasteiger partial charge in [0.05, 0.1) is 0 Å². The molecule has 4 nitrogen and oxygen atoms in total. The third kappa shape index (κ3) is 2.72. The first-order valence-corrected chi connectivity index (χ1v) is 5.57. The second-order valence-corrected chi connectivity index (χ2v) is 3.95.